The fraction of sp³-hybridized carbons (Fsp3) is 0.476. The zero-order valence-electron chi connectivity index (χ0n) is 14.8. The molecule has 1 aromatic rings. The lowest BCUT2D eigenvalue weighted by atomic mass is 9.62. The Labute approximate surface area is 149 Å². The van der Waals surface area contributed by atoms with Crippen LogP contribution in [0.15, 0.2) is 53.8 Å². The van der Waals surface area contributed by atoms with Crippen LogP contribution in [0.4, 0.5) is 0 Å². The lowest BCUT2D eigenvalue weighted by molar-refractivity contribution is -0.135. The van der Waals surface area contributed by atoms with E-state index >= 15 is 0 Å². The Bertz CT molecular complexity index is 647. The highest BCUT2D eigenvalue weighted by atomic mass is 16.7. The Balaban J connectivity index is 1.98. The minimum Gasteiger partial charge on any atom is -0.472 e. The molecule has 2 aliphatic rings. The predicted molar refractivity (Wildman–Crippen MR) is 95.8 cm³/mol. The molecule has 3 rings (SSSR count). The van der Waals surface area contributed by atoms with Crippen molar-refractivity contribution in [3.8, 4) is 0 Å². The summed E-state index contributed by atoms with van der Waals surface area (Å²) < 4.78 is 11.3. The zero-order chi connectivity index (χ0) is 17.8. The highest BCUT2D eigenvalue weighted by Gasteiger charge is 2.42. The summed E-state index contributed by atoms with van der Waals surface area (Å²) in [5.41, 5.74) is 3.06. The van der Waals surface area contributed by atoms with Crippen LogP contribution in [0.2, 0.25) is 0 Å². The van der Waals surface area contributed by atoms with Crippen molar-refractivity contribution in [2.45, 2.75) is 32.5 Å². The quantitative estimate of drug-likeness (QED) is 0.805. The van der Waals surface area contributed by atoms with Crippen molar-refractivity contribution >= 4 is 6.29 Å². The first-order valence-electron chi connectivity index (χ1n) is 8.95. The van der Waals surface area contributed by atoms with E-state index in [0.29, 0.717) is 11.8 Å². The van der Waals surface area contributed by atoms with Gasteiger partial charge in [0.1, 0.15) is 6.29 Å². The summed E-state index contributed by atoms with van der Waals surface area (Å²) in [4.78, 5) is 11.8. The van der Waals surface area contributed by atoms with Gasteiger partial charge in [-0.2, -0.15) is 0 Å². The topological polar surface area (TPSA) is 55.8 Å². The van der Waals surface area contributed by atoms with Crippen molar-refractivity contribution in [2.75, 3.05) is 13.2 Å². The molecule has 25 heavy (non-hydrogen) atoms. The second-order valence-corrected chi connectivity index (χ2v) is 7.09. The maximum Gasteiger partial charge on any atom is 0.199 e. The van der Waals surface area contributed by atoms with Gasteiger partial charge in [-0.1, -0.05) is 44.2 Å². The van der Waals surface area contributed by atoms with Crippen LogP contribution < -0.4 is 0 Å². The maximum absolute atomic E-state index is 11.8. The fourth-order valence-electron chi connectivity index (χ4n) is 4.22. The van der Waals surface area contributed by atoms with Crippen molar-refractivity contribution in [1.82, 2.24) is 0 Å². The number of aliphatic hydroxyl groups is 1. The van der Waals surface area contributed by atoms with Crippen LogP contribution in [0, 0.1) is 17.8 Å². The van der Waals surface area contributed by atoms with E-state index in [0.717, 1.165) is 23.9 Å². The van der Waals surface area contributed by atoms with Crippen LogP contribution in [0.25, 0.3) is 0 Å². The lowest BCUT2D eigenvalue weighted by Crippen LogP contribution is -2.38. The third-order valence-electron chi connectivity index (χ3n) is 5.23. The van der Waals surface area contributed by atoms with E-state index in [1.165, 1.54) is 5.56 Å². The molecule has 0 aromatic heterocycles. The van der Waals surface area contributed by atoms with Gasteiger partial charge in [-0.3, -0.25) is 4.79 Å². The van der Waals surface area contributed by atoms with Crippen LogP contribution in [0.3, 0.4) is 0 Å². The Morgan fingerprint density at radius 1 is 1.32 bits per heavy atom. The zero-order valence-corrected chi connectivity index (χ0v) is 14.8. The summed E-state index contributed by atoms with van der Waals surface area (Å²) in [6.45, 7) is 4.68. The van der Waals surface area contributed by atoms with E-state index < -0.39 is 0 Å². The Morgan fingerprint density at radius 3 is 2.72 bits per heavy atom. The number of fused-ring (bicyclic) bond motifs is 1. The Morgan fingerprint density at radius 2 is 2.08 bits per heavy atom. The van der Waals surface area contributed by atoms with Crippen LogP contribution in [-0.2, 0) is 14.3 Å². The summed E-state index contributed by atoms with van der Waals surface area (Å²) >= 11 is 0. The molecule has 0 saturated carbocycles. The van der Waals surface area contributed by atoms with Crippen LogP contribution in [0.5, 0.6) is 0 Å². The van der Waals surface area contributed by atoms with Crippen molar-refractivity contribution in [2.24, 2.45) is 17.8 Å². The first kappa shape index (κ1) is 17.9. The Hall–Kier alpha value is -1.91. The van der Waals surface area contributed by atoms with Gasteiger partial charge in [-0.05, 0) is 35.0 Å². The SMILES string of the molecule is CC(C)[C@H]1[C@@H]2C[C@H](OCCO)OC=C2C=C(C=O)[C@@H]1c1ccccc1. The standard InChI is InChI=1S/C21H26O4/c1-14(2)20-18-11-19(24-9-8-22)25-13-17(18)10-16(12-23)21(20)15-6-4-3-5-7-15/h3-7,10,12-14,18-22H,8-9,11H2,1-2H3/t18-,19-,20+,21+/m1/s1. The number of benzene rings is 1. The molecule has 0 fully saturated rings. The number of aldehydes is 1. The summed E-state index contributed by atoms with van der Waals surface area (Å²) in [7, 11) is 0. The van der Waals surface area contributed by atoms with Gasteiger partial charge in [0, 0.05) is 17.9 Å². The normalized spacial score (nSPS) is 28.6. The van der Waals surface area contributed by atoms with Gasteiger partial charge in [-0.25, -0.2) is 0 Å². The van der Waals surface area contributed by atoms with Crippen molar-refractivity contribution in [3.63, 3.8) is 0 Å². The molecule has 4 atom stereocenters. The number of allylic oxidation sites excluding steroid dienone is 3. The monoisotopic (exact) mass is 342 g/mol. The molecule has 0 unspecified atom stereocenters. The predicted octanol–water partition coefficient (Wildman–Crippen LogP) is 3.44. The number of hydrogen-bond acceptors (Lipinski definition) is 4. The Kier molecular flexibility index (Phi) is 5.71. The van der Waals surface area contributed by atoms with Gasteiger partial charge in [0.2, 0.25) is 0 Å². The number of hydrogen-bond donors (Lipinski definition) is 1. The highest BCUT2D eigenvalue weighted by molar-refractivity contribution is 5.78. The van der Waals surface area contributed by atoms with E-state index in [4.69, 9.17) is 14.6 Å². The molecule has 1 aliphatic carbocycles. The summed E-state index contributed by atoms with van der Waals surface area (Å²) in [5.74, 6) is 1.05. The second kappa shape index (κ2) is 7.98. The number of carbonyl (C=O) groups is 1. The van der Waals surface area contributed by atoms with E-state index in [-0.39, 0.29) is 31.3 Å². The van der Waals surface area contributed by atoms with Gasteiger partial charge < -0.3 is 14.6 Å². The molecule has 1 aliphatic heterocycles. The maximum atomic E-state index is 11.8. The molecule has 0 radical (unpaired) electrons. The van der Waals surface area contributed by atoms with Gasteiger partial charge in [0.25, 0.3) is 0 Å². The molecule has 0 saturated heterocycles. The third-order valence-corrected chi connectivity index (χ3v) is 5.23. The van der Waals surface area contributed by atoms with E-state index in [1.807, 2.05) is 24.3 Å². The first-order chi connectivity index (χ1) is 12.2. The molecular weight excluding hydrogens is 316 g/mol. The fourth-order valence-corrected chi connectivity index (χ4v) is 4.22. The van der Waals surface area contributed by atoms with Gasteiger partial charge >= 0.3 is 0 Å². The summed E-state index contributed by atoms with van der Waals surface area (Å²) in [6.07, 6.45) is 5.09. The molecule has 4 nitrogen and oxygen atoms in total. The van der Waals surface area contributed by atoms with E-state index in [9.17, 15) is 4.79 Å². The molecule has 1 N–H and O–H groups in total. The van der Waals surface area contributed by atoms with Crippen molar-refractivity contribution in [3.05, 3.63) is 59.4 Å². The molecule has 1 heterocycles. The largest absolute Gasteiger partial charge is 0.472 e. The third kappa shape index (κ3) is 3.70. The molecule has 1 aromatic carbocycles. The number of aliphatic hydroxyl groups excluding tert-OH is 1. The summed E-state index contributed by atoms with van der Waals surface area (Å²) in [6, 6.07) is 10.3. The van der Waals surface area contributed by atoms with Crippen LogP contribution in [-0.4, -0.2) is 30.9 Å². The highest BCUT2D eigenvalue weighted by Crippen LogP contribution is 2.49. The minimum absolute atomic E-state index is 0.0173. The second-order valence-electron chi connectivity index (χ2n) is 7.09. The van der Waals surface area contributed by atoms with Crippen molar-refractivity contribution in [1.29, 1.82) is 0 Å². The number of carbonyl (C=O) groups excluding carboxylic acids is 1. The minimum atomic E-state index is -0.343. The molecule has 134 valence electrons. The lowest BCUT2D eigenvalue weighted by Gasteiger charge is -2.44. The molecular formula is C21H26O4. The van der Waals surface area contributed by atoms with Crippen LogP contribution >= 0.6 is 0 Å². The van der Waals surface area contributed by atoms with Gasteiger partial charge in [0.15, 0.2) is 6.29 Å². The van der Waals surface area contributed by atoms with Crippen LogP contribution in [0.1, 0.15) is 31.7 Å². The molecule has 0 bridgehead atoms. The van der Waals surface area contributed by atoms with Gasteiger partial charge in [0.05, 0.1) is 19.5 Å². The average Bonchev–Trinajstić information content (AvgIpc) is 2.65. The van der Waals surface area contributed by atoms with Gasteiger partial charge in [-0.15, -0.1) is 0 Å². The number of rotatable bonds is 6. The average molecular weight is 342 g/mol. The number of ether oxygens (including phenoxy) is 2. The molecule has 0 amide bonds. The molecule has 0 spiro atoms. The molecule has 4 heteroatoms. The summed E-state index contributed by atoms with van der Waals surface area (Å²) in [5, 5.41) is 8.98. The van der Waals surface area contributed by atoms with Crippen molar-refractivity contribution < 1.29 is 19.4 Å². The first-order valence-corrected chi connectivity index (χ1v) is 8.95. The van der Waals surface area contributed by atoms with E-state index in [1.54, 1.807) is 6.26 Å². The van der Waals surface area contributed by atoms with E-state index in [2.05, 4.69) is 26.0 Å². The smallest absolute Gasteiger partial charge is 0.199 e.